The monoisotopic (exact) mass is 365 g/mol. The lowest BCUT2D eigenvalue weighted by Crippen LogP contribution is -2.12. The molecule has 6 heteroatoms. The van der Waals surface area contributed by atoms with E-state index in [1.807, 2.05) is 48.5 Å². The molecule has 0 bridgehead atoms. The van der Waals surface area contributed by atoms with Crippen molar-refractivity contribution >= 4 is 20.9 Å². The van der Waals surface area contributed by atoms with Crippen molar-refractivity contribution in [2.45, 2.75) is 19.4 Å². The highest BCUT2D eigenvalue weighted by atomic mass is 32.2. The number of benzene rings is 2. The summed E-state index contributed by atoms with van der Waals surface area (Å²) in [5, 5.41) is 8.96. The lowest BCUT2D eigenvalue weighted by Gasteiger charge is -2.12. The number of rotatable bonds is 4. The molecule has 1 saturated heterocycles. The molecule has 0 spiro atoms. The summed E-state index contributed by atoms with van der Waals surface area (Å²) in [6.07, 6.45) is 1.38. The van der Waals surface area contributed by atoms with Gasteiger partial charge in [0.2, 0.25) is 0 Å². The van der Waals surface area contributed by atoms with E-state index in [2.05, 4.69) is 10.6 Å². The molecule has 0 N–H and O–H groups in total. The number of nitrogens with zero attached hydrogens (tertiary/aromatic N) is 3. The zero-order valence-electron chi connectivity index (χ0n) is 14.3. The predicted molar refractivity (Wildman–Crippen MR) is 100 cm³/mol. The molecule has 132 valence electrons. The number of hydrogen-bond acceptors (Lipinski definition) is 4. The molecule has 2 heterocycles. The van der Waals surface area contributed by atoms with Crippen LogP contribution in [0.25, 0.3) is 11.0 Å². The predicted octanol–water partition coefficient (Wildman–Crippen LogP) is 2.93. The number of fused-ring (bicyclic) bond motifs is 1. The Kier molecular flexibility index (Phi) is 4.25. The summed E-state index contributed by atoms with van der Waals surface area (Å²) in [7, 11) is -2.89. The smallest absolute Gasteiger partial charge is 0.150 e. The van der Waals surface area contributed by atoms with Gasteiger partial charge in [-0.1, -0.05) is 24.3 Å². The van der Waals surface area contributed by atoms with E-state index in [9.17, 15) is 8.42 Å². The summed E-state index contributed by atoms with van der Waals surface area (Å²) in [4.78, 5) is 4.77. The van der Waals surface area contributed by atoms with Crippen LogP contribution in [0.15, 0.2) is 48.5 Å². The van der Waals surface area contributed by atoms with Gasteiger partial charge in [0.05, 0.1) is 34.2 Å². The molecule has 0 radical (unpaired) electrons. The Hall–Kier alpha value is -2.65. The van der Waals surface area contributed by atoms with E-state index >= 15 is 0 Å². The maximum absolute atomic E-state index is 11.8. The fourth-order valence-corrected chi connectivity index (χ4v) is 5.48. The quantitative estimate of drug-likeness (QED) is 0.712. The molecular formula is C20H19N3O2S. The van der Waals surface area contributed by atoms with Gasteiger partial charge >= 0.3 is 0 Å². The van der Waals surface area contributed by atoms with Crippen molar-refractivity contribution in [1.29, 1.82) is 5.26 Å². The van der Waals surface area contributed by atoms with Gasteiger partial charge < -0.3 is 4.57 Å². The summed E-state index contributed by atoms with van der Waals surface area (Å²) < 4.78 is 25.7. The van der Waals surface area contributed by atoms with E-state index in [4.69, 9.17) is 10.2 Å². The van der Waals surface area contributed by atoms with Crippen LogP contribution in [0.2, 0.25) is 0 Å². The number of hydrogen-bond donors (Lipinski definition) is 0. The summed E-state index contributed by atoms with van der Waals surface area (Å²) in [5.41, 5.74) is 3.71. The molecule has 2 aromatic carbocycles. The average Bonchev–Trinajstić information content (AvgIpc) is 3.15. The van der Waals surface area contributed by atoms with Gasteiger partial charge in [-0.3, -0.25) is 0 Å². The van der Waals surface area contributed by atoms with Crippen LogP contribution in [-0.2, 0) is 22.8 Å². The molecular weight excluding hydrogens is 346 g/mol. The second-order valence-electron chi connectivity index (χ2n) is 6.88. The third-order valence-electron chi connectivity index (χ3n) is 4.96. The van der Waals surface area contributed by atoms with Crippen LogP contribution >= 0.6 is 0 Å². The third-order valence-corrected chi connectivity index (χ3v) is 6.79. The number of aromatic nitrogens is 2. The van der Waals surface area contributed by atoms with Crippen molar-refractivity contribution in [2.75, 3.05) is 11.5 Å². The maximum Gasteiger partial charge on any atom is 0.150 e. The standard InChI is InChI=1S/C20H19N3O2S/c21-12-15-5-7-16(8-6-15)13-23-19-4-2-1-3-18(19)22-20(23)11-17-9-10-26(24,25)14-17/h1-8,17H,9-11,13-14H2/t17-/m1/s1. The minimum absolute atomic E-state index is 0.136. The SMILES string of the molecule is N#Cc1ccc(Cn2c(C[C@H]3CCS(=O)(=O)C3)nc3ccccc32)cc1. The van der Waals surface area contributed by atoms with Gasteiger partial charge in [-0.15, -0.1) is 0 Å². The van der Waals surface area contributed by atoms with Crippen LogP contribution in [0.1, 0.15) is 23.4 Å². The van der Waals surface area contributed by atoms with Gasteiger partial charge in [-0.25, -0.2) is 13.4 Å². The van der Waals surface area contributed by atoms with Crippen LogP contribution in [0, 0.1) is 17.2 Å². The van der Waals surface area contributed by atoms with Gasteiger partial charge in [0, 0.05) is 13.0 Å². The fraction of sp³-hybridized carbons (Fsp3) is 0.300. The van der Waals surface area contributed by atoms with Crippen molar-refractivity contribution in [3.05, 3.63) is 65.5 Å². The van der Waals surface area contributed by atoms with Gasteiger partial charge in [0.25, 0.3) is 0 Å². The minimum Gasteiger partial charge on any atom is -0.323 e. The molecule has 0 aliphatic carbocycles. The van der Waals surface area contributed by atoms with Crippen LogP contribution in [0.3, 0.4) is 0 Å². The van der Waals surface area contributed by atoms with Gasteiger partial charge in [0.1, 0.15) is 5.82 Å². The van der Waals surface area contributed by atoms with E-state index < -0.39 is 9.84 Å². The molecule has 0 saturated carbocycles. The van der Waals surface area contributed by atoms with Gasteiger partial charge in [0.15, 0.2) is 9.84 Å². The Morgan fingerprint density at radius 3 is 2.62 bits per heavy atom. The summed E-state index contributed by atoms with van der Waals surface area (Å²) >= 11 is 0. The Balaban J connectivity index is 1.68. The highest BCUT2D eigenvalue weighted by Gasteiger charge is 2.29. The Morgan fingerprint density at radius 2 is 1.92 bits per heavy atom. The highest BCUT2D eigenvalue weighted by molar-refractivity contribution is 7.91. The molecule has 4 rings (SSSR count). The summed E-state index contributed by atoms with van der Waals surface area (Å²) in [5.74, 6) is 1.61. The molecule has 1 aliphatic heterocycles. The third kappa shape index (κ3) is 3.35. The van der Waals surface area contributed by atoms with Gasteiger partial charge in [-0.05, 0) is 42.2 Å². The first-order chi connectivity index (χ1) is 12.5. The van der Waals surface area contributed by atoms with E-state index in [-0.39, 0.29) is 17.4 Å². The molecule has 1 aromatic heterocycles. The van der Waals surface area contributed by atoms with Crippen molar-refractivity contribution < 1.29 is 8.42 Å². The van der Waals surface area contributed by atoms with E-state index in [1.165, 1.54) is 0 Å². The van der Waals surface area contributed by atoms with Crippen LogP contribution in [0.4, 0.5) is 0 Å². The summed E-state index contributed by atoms with van der Waals surface area (Å²) in [6, 6.07) is 17.7. The highest BCUT2D eigenvalue weighted by Crippen LogP contribution is 2.25. The lowest BCUT2D eigenvalue weighted by molar-refractivity contribution is 0.554. The van der Waals surface area contributed by atoms with E-state index in [0.29, 0.717) is 24.9 Å². The molecule has 26 heavy (non-hydrogen) atoms. The topological polar surface area (TPSA) is 75.8 Å². The molecule has 1 atom stereocenters. The van der Waals surface area contributed by atoms with Crippen molar-refractivity contribution in [1.82, 2.24) is 9.55 Å². The second-order valence-corrected chi connectivity index (χ2v) is 9.11. The molecule has 1 aliphatic rings. The lowest BCUT2D eigenvalue weighted by atomic mass is 10.0. The Bertz CT molecular complexity index is 1090. The van der Waals surface area contributed by atoms with Crippen LogP contribution < -0.4 is 0 Å². The number of sulfone groups is 1. The molecule has 3 aromatic rings. The average molecular weight is 365 g/mol. The molecule has 5 nitrogen and oxygen atoms in total. The number of imidazole rings is 1. The normalized spacial score (nSPS) is 18.8. The van der Waals surface area contributed by atoms with Crippen molar-refractivity contribution in [2.24, 2.45) is 5.92 Å². The molecule has 0 amide bonds. The maximum atomic E-state index is 11.8. The molecule has 0 unspecified atom stereocenters. The van der Waals surface area contributed by atoms with Crippen LogP contribution in [0.5, 0.6) is 0 Å². The van der Waals surface area contributed by atoms with E-state index in [0.717, 1.165) is 22.4 Å². The number of para-hydroxylation sites is 2. The zero-order chi connectivity index (χ0) is 18.1. The van der Waals surface area contributed by atoms with Crippen molar-refractivity contribution in [3.63, 3.8) is 0 Å². The van der Waals surface area contributed by atoms with Gasteiger partial charge in [-0.2, -0.15) is 5.26 Å². The minimum atomic E-state index is -2.89. The summed E-state index contributed by atoms with van der Waals surface area (Å²) in [6.45, 7) is 0.654. The largest absolute Gasteiger partial charge is 0.323 e. The van der Waals surface area contributed by atoms with Crippen LogP contribution in [-0.4, -0.2) is 29.5 Å². The first-order valence-corrected chi connectivity index (χ1v) is 10.5. The van der Waals surface area contributed by atoms with Crippen molar-refractivity contribution in [3.8, 4) is 6.07 Å². The second kappa shape index (κ2) is 6.58. The number of nitriles is 1. The fourth-order valence-electron chi connectivity index (χ4n) is 3.62. The Labute approximate surface area is 152 Å². The Morgan fingerprint density at radius 1 is 1.15 bits per heavy atom. The zero-order valence-corrected chi connectivity index (χ0v) is 15.1. The first-order valence-electron chi connectivity index (χ1n) is 8.68. The molecule has 1 fully saturated rings. The first kappa shape index (κ1) is 16.8. The van der Waals surface area contributed by atoms with E-state index in [1.54, 1.807) is 0 Å².